The lowest BCUT2D eigenvalue weighted by molar-refractivity contribution is -0.132. The van der Waals surface area contributed by atoms with E-state index in [0.29, 0.717) is 13.1 Å². The standard InChI is InChI=1S/C21H23BrN2O5S/c22-17-2-4-18(5-3-17)30(26,27)12-7-21(25)24-10-8-23(9-11-24)14-16-1-6-19-20(13-16)29-15-28-19/h1-6,13H,7-12,14-15H2. The second-order valence-electron chi connectivity index (χ2n) is 7.37. The molecule has 1 saturated heterocycles. The summed E-state index contributed by atoms with van der Waals surface area (Å²) in [4.78, 5) is 16.8. The minimum absolute atomic E-state index is 0.000554. The number of halogens is 1. The molecule has 0 saturated carbocycles. The molecule has 160 valence electrons. The van der Waals surface area contributed by atoms with Crippen LogP contribution in [-0.4, -0.2) is 62.8 Å². The number of carbonyl (C=O) groups excluding carboxylic acids is 1. The first-order chi connectivity index (χ1) is 14.4. The van der Waals surface area contributed by atoms with Gasteiger partial charge in [0.2, 0.25) is 12.7 Å². The Morgan fingerprint density at radius 1 is 0.967 bits per heavy atom. The first-order valence-corrected chi connectivity index (χ1v) is 12.2. The quantitative estimate of drug-likeness (QED) is 0.614. The van der Waals surface area contributed by atoms with Gasteiger partial charge in [-0.1, -0.05) is 22.0 Å². The number of rotatable bonds is 6. The molecule has 4 rings (SSSR count). The molecule has 0 atom stereocenters. The average molecular weight is 495 g/mol. The number of hydrogen-bond donors (Lipinski definition) is 0. The molecule has 7 nitrogen and oxygen atoms in total. The van der Waals surface area contributed by atoms with E-state index in [1.807, 2.05) is 18.2 Å². The maximum Gasteiger partial charge on any atom is 0.231 e. The molecular formula is C21H23BrN2O5S. The van der Waals surface area contributed by atoms with Crippen LogP contribution in [0, 0.1) is 0 Å². The molecule has 2 heterocycles. The molecule has 9 heteroatoms. The summed E-state index contributed by atoms with van der Waals surface area (Å²) < 4.78 is 36.5. The topological polar surface area (TPSA) is 76.2 Å². The number of nitrogens with zero attached hydrogens (tertiary/aromatic N) is 2. The highest BCUT2D eigenvalue weighted by Gasteiger charge is 2.24. The number of carbonyl (C=O) groups is 1. The second kappa shape index (κ2) is 8.95. The molecule has 2 aromatic carbocycles. The van der Waals surface area contributed by atoms with Crippen molar-refractivity contribution in [2.24, 2.45) is 0 Å². The SMILES string of the molecule is O=C(CCS(=O)(=O)c1ccc(Br)cc1)N1CCN(Cc2ccc3c(c2)OCO3)CC1. The van der Waals surface area contributed by atoms with Crippen molar-refractivity contribution in [3.63, 3.8) is 0 Å². The Bertz CT molecular complexity index is 1020. The molecule has 30 heavy (non-hydrogen) atoms. The van der Waals surface area contributed by atoms with E-state index < -0.39 is 9.84 Å². The number of benzene rings is 2. The lowest BCUT2D eigenvalue weighted by Crippen LogP contribution is -2.48. The molecule has 2 aliphatic heterocycles. The van der Waals surface area contributed by atoms with Crippen LogP contribution in [0.15, 0.2) is 51.8 Å². The van der Waals surface area contributed by atoms with Crippen molar-refractivity contribution in [1.29, 1.82) is 0 Å². The minimum Gasteiger partial charge on any atom is -0.454 e. The maximum absolute atomic E-state index is 12.5. The summed E-state index contributed by atoms with van der Waals surface area (Å²) in [5.74, 6) is 1.25. The first-order valence-electron chi connectivity index (χ1n) is 9.78. The van der Waals surface area contributed by atoms with Crippen LogP contribution in [0.2, 0.25) is 0 Å². The molecule has 2 aliphatic rings. The van der Waals surface area contributed by atoms with Gasteiger partial charge in [0.25, 0.3) is 0 Å². The van der Waals surface area contributed by atoms with E-state index >= 15 is 0 Å². The molecule has 1 amide bonds. The summed E-state index contributed by atoms with van der Waals surface area (Å²) >= 11 is 3.29. The van der Waals surface area contributed by atoms with Gasteiger partial charge < -0.3 is 14.4 Å². The average Bonchev–Trinajstić information content (AvgIpc) is 3.21. The number of fused-ring (bicyclic) bond motifs is 1. The zero-order chi connectivity index (χ0) is 21.1. The maximum atomic E-state index is 12.5. The fourth-order valence-corrected chi connectivity index (χ4v) is 5.09. The van der Waals surface area contributed by atoms with E-state index in [1.54, 1.807) is 29.2 Å². The van der Waals surface area contributed by atoms with Crippen LogP contribution in [-0.2, 0) is 21.2 Å². The Labute approximate surface area is 184 Å². The Hall–Kier alpha value is -2.10. The predicted octanol–water partition coefficient (Wildman–Crippen LogP) is 2.69. The summed E-state index contributed by atoms with van der Waals surface area (Å²) in [6.45, 7) is 3.73. The van der Waals surface area contributed by atoms with Crippen LogP contribution in [0.1, 0.15) is 12.0 Å². The van der Waals surface area contributed by atoms with Gasteiger partial charge in [-0.25, -0.2) is 8.42 Å². The van der Waals surface area contributed by atoms with Gasteiger partial charge in [-0.3, -0.25) is 9.69 Å². The fraction of sp³-hybridized carbons (Fsp3) is 0.381. The molecule has 1 fully saturated rings. The molecule has 0 aliphatic carbocycles. The first kappa shape index (κ1) is 21.1. The van der Waals surface area contributed by atoms with Crippen LogP contribution in [0.4, 0.5) is 0 Å². The predicted molar refractivity (Wildman–Crippen MR) is 115 cm³/mol. The second-order valence-corrected chi connectivity index (χ2v) is 10.4. The summed E-state index contributed by atoms with van der Waals surface area (Å²) in [7, 11) is -3.47. The lowest BCUT2D eigenvalue weighted by Gasteiger charge is -2.34. The van der Waals surface area contributed by atoms with Gasteiger partial charge >= 0.3 is 0 Å². The smallest absolute Gasteiger partial charge is 0.231 e. The van der Waals surface area contributed by atoms with Crippen molar-refractivity contribution in [2.45, 2.75) is 17.9 Å². The van der Waals surface area contributed by atoms with Crippen molar-refractivity contribution in [2.75, 3.05) is 38.7 Å². The highest BCUT2D eigenvalue weighted by atomic mass is 79.9. The fourth-order valence-electron chi connectivity index (χ4n) is 3.59. The van der Waals surface area contributed by atoms with Crippen LogP contribution in [0.25, 0.3) is 0 Å². The Balaban J connectivity index is 1.25. The third-order valence-electron chi connectivity index (χ3n) is 5.33. The van der Waals surface area contributed by atoms with Crippen LogP contribution in [0.3, 0.4) is 0 Å². The van der Waals surface area contributed by atoms with Crippen LogP contribution < -0.4 is 9.47 Å². The number of ether oxygens (including phenoxy) is 2. The number of hydrogen-bond acceptors (Lipinski definition) is 6. The third-order valence-corrected chi connectivity index (χ3v) is 7.59. The van der Waals surface area contributed by atoms with Gasteiger partial charge in [-0.15, -0.1) is 0 Å². The molecule has 0 aromatic heterocycles. The van der Waals surface area contributed by atoms with E-state index in [1.165, 1.54) is 0 Å². The minimum atomic E-state index is -3.47. The largest absolute Gasteiger partial charge is 0.454 e. The van der Waals surface area contributed by atoms with E-state index in [2.05, 4.69) is 20.8 Å². The summed E-state index contributed by atoms with van der Waals surface area (Å²) in [6.07, 6.45) is 0.000554. The van der Waals surface area contributed by atoms with Gasteiger partial charge in [0.15, 0.2) is 21.3 Å². The molecule has 0 unspecified atom stereocenters. The van der Waals surface area contributed by atoms with E-state index in [9.17, 15) is 13.2 Å². The highest BCUT2D eigenvalue weighted by molar-refractivity contribution is 9.10. The van der Waals surface area contributed by atoms with Crippen molar-refractivity contribution < 1.29 is 22.7 Å². The molecule has 0 radical (unpaired) electrons. The van der Waals surface area contributed by atoms with Crippen molar-refractivity contribution >= 4 is 31.7 Å². The van der Waals surface area contributed by atoms with Gasteiger partial charge in [-0.2, -0.15) is 0 Å². The van der Waals surface area contributed by atoms with Gasteiger partial charge in [-0.05, 0) is 42.0 Å². The number of piperazine rings is 1. The zero-order valence-corrected chi connectivity index (χ0v) is 18.8. The Morgan fingerprint density at radius 3 is 2.40 bits per heavy atom. The summed E-state index contributed by atoms with van der Waals surface area (Å²) in [5.41, 5.74) is 1.14. The van der Waals surface area contributed by atoms with Crippen molar-refractivity contribution in [1.82, 2.24) is 9.80 Å². The summed E-state index contributed by atoms with van der Waals surface area (Å²) in [5, 5.41) is 0. The van der Waals surface area contributed by atoms with Crippen LogP contribution in [0.5, 0.6) is 11.5 Å². The van der Waals surface area contributed by atoms with Crippen molar-refractivity contribution in [3.8, 4) is 11.5 Å². The molecule has 0 bridgehead atoms. The third kappa shape index (κ3) is 4.96. The zero-order valence-electron chi connectivity index (χ0n) is 16.4. The van der Waals surface area contributed by atoms with Gasteiger partial charge in [0, 0.05) is 43.6 Å². The van der Waals surface area contributed by atoms with Gasteiger partial charge in [0.05, 0.1) is 10.6 Å². The normalized spacial score (nSPS) is 16.6. The Kier molecular flexibility index (Phi) is 6.31. The monoisotopic (exact) mass is 494 g/mol. The summed E-state index contributed by atoms with van der Waals surface area (Å²) in [6, 6.07) is 12.4. The molecule has 0 N–H and O–H groups in total. The van der Waals surface area contributed by atoms with Crippen molar-refractivity contribution in [3.05, 3.63) is 52.5 Å². The molecular weight excluding hydrogens is 472 g/mol. The van der Waals surface area contributed by atoms with E-state index in [0.717, 1.165) is 41.2 Å². The Morgan fingerprint density at radius 2 is 1.67 bits per heavy atom. The van der Waals surface area contributed by atoms with E-state index in [-0.39, 0.29) is 29.8 Å². The van der Waals surface area contributed by atoms with E-state index in [4.69, 9.17) is 9.47 Å². The van der Waals surface area contributed by atoms with Gasteiger partial charge in [0.1, 0.15) is 0 Å². The van der Waals surface area contributed by atoms with Crippen LogP contribution >= 0.6 is 15.9 Å². The molecule has 2 aromatic rings. The molecule has 0 spiro atoms. The number of sulfone groups is 1. The number of amides is 1. The highest BCUT2D eigenvalue weighted by Crippen LogP contribution is 2.32. The lowest BCUT2D eigenvalue weighted by atomic mass is 10.1.